The van der Waals surface area contributed by atoms with Gasteiger partial charge in [0.25, 0.3) is 11.6 Å². The van der Waals surface area contributed by atoms with Crippen LogP contribution in [-0.4, -0.2) is 23.3 Å². The van der Waals surface area contributed by atoms with Crippen molar-refractivity contribution >= 4 is 29.1 Å². The first-order valence-electron chi connectivity index (χ1n) is 8.98. The highest BCUT2D eigenvalue weighted by molar-refractivity contribution is 6.30. The number of nitrogens with zero attached hydrogens (tertiary/aromatic N) is 1. The first-order valence-corrected chi connectivity index (χ1v) is 9.36. The van der Waals surface area contributed by atoms with Crippen LogP contribution in [0.4, 0.5) is 5.69 Å². The maximum absolute atomic E-state index is 12.2. The summed E-state index contributed by atoms with van der Waals surface area (Å²) in [5.74, 6) is 0.199. The summed E-state index contributed by atoms with van der Waals surface area (Å²) in [5, 5.41) is 16.7. The van der Waals surface area contributed by atoms with E-state index in [1.54, 1.807) is 31.2 Å². The Bertz CT molecular complexity index is 1090. The van der Waals surface area contributed by atoms with Gasteiger partial charge in [-0.15, -0.1) is 0 Å². The number of hydrogen-bond donors (Lipinski definition) is 2. The lowest BCUT2D eigenvalue weighted by molar-refractivity contribution is -0.385. The second kappa shape index (κ2) is 9.23. The number of nitro benzene ring substituents is 1. The van der Waals surface area contributed by atoms with Gasteiger partial charge in [0.1, 0.15) is 11.5 Å². The summed E-state index contributed by atoms with van der Waals surface area (Å²) < 4.78 is 5.69. The predicted molar refractivity (Wildman–Crippen MR) is 111 cm³/mol. The second-order valence-corrected chi connectivity index (χ2v) is 6.93. The summed E-state index contributed by atoms with van der Waals surface area (Å²) in [5.41, 5.74) is 1.27. The molecule has 2 amide bonds. The number of rotatable bonds is 7. The molecule has 2 N–H and O–H groups in total. The zero-order valence-electron chi connectivity index (χ0n) is 16.0. The van der Waals surface area contributed by atoms with Crippen LogP contribution >= 0.6 is 11.6 Å². The molecule has 0 aliphatic carbocycles. The molecule has 0 atom stereocenters. The molecule has 1 heterocycles. The molecule has 1 aromatic heterocycles. The number of halogens is 1. The zero-order valence-corrected chi connectivity index (χ0v) is 16.7. The Morgan fingerprint density at radius 3 is 2.50 bits per heavy atom. The monoisotopic (exact) mass is 427 g/mol. The minimum Gasteiger partial charge on any atom is -0.459 e. The molecule has 154 valence electrons. The molecule has 3 rings (SSSR count). The summed E-state index contributed by atoms with van der Waals surface area (Å²) in [6, 6.07) is 14.8. The Labute approximate surface area is 177 Å². The third-order valence-electron chi connectivity index (χ3n) is 4.33. The molecule has 0 spiro atoms. The summed E-state index contributed by atoms with van der Waals surface area (Å²) in [6.07, 6.45) is 0. The lowest BCUT2D eigenvalue weighted by Crippen LogP contribution is -2.36. The lowest BCUT2D eigenvalue weighted by atomic mass is 10.1. The first-order chi connectivity index (χ1) is 14.3. The van der Waals surface area contributed by atoms with Crippen LogP contribution < -0.4 is 10.6 Å². The lowest BCUT2D eigenvalue weighted by Gasteiger charge is -2.07. The van der Waals surface area contributed by atoms with Crippen molar-refractivity contribution in [2.75, 3.05) is 6.54 Å². The Balaban J connectivity index is 1.51. The fraction of sp³-hybridized carbons (Fsp3) is 0.143. The van der Waals surface area contributed by atoms with Crippen molar-refractivity contribution in [3.8, 4) is 11.3 Å². The Kier molecular flexibility index (Phi) is 6.48. The van der Waals surface area contributed by atoms with Crippen LogP contribution in [-0.2, 0) is 11.3 Å². The predicted octanol–water partition coefficient (Wildman–Crippen LogP) is 3.86. The van der Waals surface area contributed by atoms with E-state index in [2.05, 4.69) is 10.6 Å². The Hall–Kier alpha value is -3.65. The molecule has 0 radical (unpaired) electrons. The van der Waals surface area contributed by atoms with Crippen molar-refractivity contribution in [2.45, 2.75) is 13.5 Å². The van der Waals surface area contributed by atoms with Gasteiger partial charge in [-0.25, -0.2) is 0 Å². The molecule has 0 aliphatic rings. The molecular weight excluding hydrogens is 410 g/mol. The summed E-state index contributed by atoms with van der Waals surface area (Å²) in [7, 11) is 0. The molecule has 3 aromatic rings. The van der Waals surface area contributed by atoms with Crippen molar-refractivity contribution < 1.29 is 18.9 Å². The number of aryl methyl sites for hydroxylation is 1. The number of carbonyl (C=O) groups excluding carboxylic acids is 2. The summed E-state index contributed by atoms with van der Waals surface area (Å²) >= 11 is 5.87. The van der Waals surface area contributed by atoms with Crippen LogP contribution in [0.2, 0.25) is 5.02 Å². The molecule has 0 saturated heterocycles. The van der Waals surface area contributed by atoms with Gasteiger partial charge in [-0.05, 0) is 49.4 Å². The molecule has 0 bridgehead atoms. The highest BCUT2D eigenvalue weighted by Gasteiger charge is 2.15. The number of amides is 2. The van der Waals surface area contributed by atoms with Gasteiger partial charge >= 0.3 is 0 Å². The minimum atomic E-state index is -0.573. The molecule has 9 heteroatoms. The molecule has 0 saturated carbocycles. The third kappa shape index (κ3) is 5.24. The Morgan fingerprint density at radius 1 is 1.07 bits per heavy atom. The quantitative estimate of drug-likeness (QED) is 0.439. The molecule has 0 aliphatic heterocycles. The topological polar surface area (TPSA) is 114 Å². The van der Waals surface area contributed by atoms with Crippen LogP contribution in [0.3, 0.4) is 0 Å². The van der Waals surface area contributed by atoms with Gasteiger partial charge in [0.2, 0.25) is 5.91 Å². The first kappa shape index (κ1) is 21.1. The molecule has 0 unspecified atom stereocenters. The largest absolute Gasteiger partial charge is 0.459 e. The third-order valence-corrected chi connectivity index (χ3v) is 4.58. The smallest absolute Gasteiger partial charge is 0.273 e. The van der Waals surface area contributed by atoms with Crippen molar-refractivity contribution in [1.82, 2.24) is 10.6 Å². The fourth-order valence-electron chi connectivity index (χ4n) is 2.70. The van der Waals surface area contributed by atoms with Crippen LogP contribution in [0.5, 0.6) is 0 Å². The van der Waals surface area contributed by atoms with Crippen LogP contribution in [0, 0.1) is 17.0 Å². The number of carbonyl (C=O) groups is 2. The highest BCUT2D eigenvalue weighted by atomic mass is 35.5. The molecule has 0 fully saturated rings. The number of nitro groups is 1. The van der Waals surface area contributed by atoms with E-state index in [1.807, 2.05) is 12.1 Å². The van der Waals surface area contributed by atoms with Crippen LogP contribution in [0.25, 0.3) is 11.3 Å². The second-order valence-electron chi connectivity index (χ2n) is 6.49. The highest BCUT2D eigenvalue weighted by Crippen LogP contribution is 2.23. The summed E-state index contributed by atoms with van der Waals surface area (Å²) in [6.45, 7) is 1.46. The van der Waals surface area contributed by atoms with Gasteiger partial charge in [0, 0.05) is 27.8 Å². The van der Waals surface area contributed by atoms with E-state index in [4.69, 9.17) is 16.0 Å². The van der Waals surface area contributed by atoms with Gasteiger partial charge in [0.15, 0.2) is 0 Å². The van der Waals surface area contributed by atoms with Gasteiger partial charge in [-0.2, -0.15) is 0 Å². The zero-order chi connectivity index (χ0) is 21.7. The van der Waals surface area contributed by atoms with Gasteiger partial charge in [-0.3, -0.25) is 19.7 Å². The summed E-state index contributed by atoms with van der Waals surface area (Å²) in [4.78, 5) is 34.6. The molecule has 8 nitrogen and oxygen atoms in total. The Morgan fingerprint density at radius 2 is 1.80 bits per heavy atom. The maximum atomic E-state index is 12.2. The van der Waals surface area contributed by atoms with Gasteiger partial charge in [-0.1, -0.05) is 17.7 Å². The van der Waals surface area contributed by atoms with Gasteiger partial charge in [0.05, 0.1) is 18.0 Å². The van der Waals surface area contributed by atoms with E-state index < -0.39 is 16.7 Å². The number of hydrogen-bond acceptors (Lipinski definition) is 5. The van der Waals surface area contributed by atoms with Gasteiger partial charge < -0.3 is 15.1 Å². The van der Waals surface area contributed by atoms with Crippen molar-refractivity contribution in [3.05, 3.63) is 86.6 Å². The van der Waals surface area contributed by atoms with Crippen molar-refractivity contribution in [2.24, 2.45) is 0 Å². The van der Waals surface area contributed by atoms with E-state index >= 15 is 0 Å². The SMILES string of the molecule is Cc1ccc(C(=O)NCC(=O)NCc2ccc(-c3ccc(Cl)cc3)o2)cc1[N+](=O)[O-]. The van der Waals surface area contributed by atoms with E-state index in [9.17, 15) is 19.7 Å². The molecule has 2 aromatic carbocycles. The average Bonchev–Trinajstić information content (AvgIpc) is 3.20. The number of nitrogens with one attached hydrogen (secondary N) is 2. The van der Waals surface area contributed by atoms with Crippen molar-refractivity contribution in [3.63, 3.8) is 0 Å². The average molecular weight is 428 g/mol. The van der Waals surface area contributed by atoms with Crippen molar-refractivity contribution in [1.29, 1.82) is 0 Å². The maximum Gasteiger partial charge on any atom is 0.273 e. The van der Waals surface area contributed by atoms with E-state index in [0.29, 0.717) is 22.1 Å². The van der Waals surface area contributed by atoms with E-state index in [0.717, 1.165) is 5.56 Å². The molecular formula is C21H18ClN3O5. The van der Waals surface area contributed by atoms with Crippen LogP contribution in [0.15, 0.2) is 59.0 Å². The van der Waals surface area contributed by atoms with Crippen LogP contribution in [0.1, 0.15) is 21.7 Å². The number of furan rings is 1. The van der Waals surface area contributed by atoms with E-state index in [1.165, 1.54) is 18.2 Å². The normalized spacial score (nSPS) is 10.5. The molecule has 30 heavy (non-hydrogen) atoms. The van der Waals surface area contributed by atoms with E-state index in [-0.39, 0.29) is 24.3 Å². The minimum absolute atomic E-state index is 0.110. The fourth-order valence-corrected chi connectivity index (χ4v) is 2.83. The number of benzene rings is 2. The standard InChI is InChI=1S/C21H18ClN3O5/c1-13-2-3-15(10-18(13)25(28)29)21(27)24-12-20(26)23-11-17-8-9-19(30-17)14-4-6-16(22)7-5-14/h2-10H,11-12H2,1H3,(H,23,26)(H,24,27).